The number of nitrogens with one attached hydrogen (secondary N) is 1. The number of nitro groups is 2. The van der Waals surface area contributed by atoms with Crippen molar-refractivity contribution in [3.63, 3.8) is 0 Å². The van der Waals surface area contributed by atoms with E-state index in [0.29, 0.717) is 6.42 Å². The van der Waals surface area contributed by atoms with Gasteiger partial charge in [0.05, 0.1) is 28.0 Å². The van der Waals surface area contributed by atoms with Crippen LogP contribution in [0.3, 0.4) is 0 Å². The molecule has 0 atom stereocenters. The zero-order valence-corrected chi connectivity index (χ0v) is 14.4. The summed E-state index contributed by atoms with van der Waals surface area (Å²) in [5.41, 5.74) is -1.45. The van der Waals surface area contributed by atoms with Gasteiger partial charge in [-0.2, -0.15) is 0 Å². The Balaban J connectivity index is 2.49. The van der Waals surface area contributed by atoms with Crippen molar-refractivity contribution in [3.05, 3.63) is 44.0 Å². The first-order valence-electron chi connectivity index (χ1n) is 8.22. The normalized spacial score (nSPS) is 10.2. The van der Waals surface area contributed by atoms with Crippen LogP contribution in [0.15, 0.2) is 18.2 Å². The number of unbranched alkanes of at least 4 members (excludes halogenated alkanes) is 3. The van der Waals surface area contributed by atoms with Crippen LogP contribution in [0.5, 0.6) is 0 Å². The first-order chi connectivity index (χ1) is 12.3. The third-order valence-corrected chi connectivity index (χ3v) is 3.47. The summed E-state index contributed by atoms with van der Waals surface area (Å²) >= 11 is 0. The van der Waals surface area contributed by atoms with Gasteiger partial charge in [0, 0.05) is 18.6 Å². The van der Waals surface area contributed by atoms with Crippen LogP contribution >= 0.6 is 0 Å². The van der Waals surface area contributed by atoms with Crippen molar-refractivity contribution in [2.75, 3.05) is 13.2 Å². The van der Waals surface area contributed by atoms with E-state index in [0.717, 1.165) is 43.9 Å². The quantitative estimate of drug-likeness (QED) is 0.274. The monoisotopic (exact) mass is 367 g/mol. The molecule has 0 aliphatic heterocycles. The summed E-state index contributed by atoms with van der Waals surface area (Å²) in [5.74, 6) is -1.09. The second-order valence-electron chi connectivity index (χ2n) is 5.55. The van der Waals surface area contributed by atoms with E-state index in [1.54, 1.807) is 0 Å². The average Bonchev–Trinajstić information content (AvgIpc) is 2.61. The number of amides is 1. The van der Waals surface area contributed by atoms with Gasteiger partial charge >= 0.3 is 5.97 Å². The maximum atomic E-state index is 11.9. The smallest absolute Gasteiger partial charge is 0.338 e. The molecule has 1 aromatic carbocycles. The van der Waals surface area contributed by atoms with Gasteiger partial charge in [-0.3, -0.25) is 25.0 Å². The van der Waals surface area contributed by atoms with E-state index >= 15 is 0 Å². The SMILES string of the molecule is CCCCCCC(=O)NCCOC(=O)c1cc([N+](=O)[O-])cc([N+](=O)[O-])c1. The molecule has 10 nitrogen and oxygen atoms in total. The second kappa shape index (κ2) is 10.7. The Morgan fingerprint density at radius 2 is 1.65 bits per heavy atom. The number of nitrogens with zero attached hydrogens (tertiary/aromatic N) is 2. The van der Waals surface area contributed by atoms with Crippen LogP contribution in [0, 0.1) is 20.2 Å². The van der Waals surface area contributed by atoms with Crippen molar-refractivity contribution >= 4 is 23.3 Å². The molecule has 26 heavy (non-hydrogen) atoms. The van der Waals surface area contributed by atoms with E-state index in [9.17, 15) is 29.8 Å². The molecule has 0 bridgehead atoms. The van der Waals surface area contributed by atoms with Crippen molar-refractivity contribution in [2.45, 2.75) is 39.0 Å². The molecule has 0 aromatic heterocycles. The molecule has 0 fully saturated rings. The number of non-ortho nitro benzene ring substituents is 2. The number of esters is 1. The number of hydrogen-bond donors (Lipinski definition) is 1. The first kappa shape index (κ1) is 21.0. The third kappa shape index (κ3) is 7.24. The lowest BCUT2D eigenvalue weighted by Crippen LogP contribution is -2.27. The lowest BCUT2D eigenvalue weighted by atomic mass is 10.1. The van der Waals surface area contributed by atoms with Gasteiger partial charge in [0.1, 0.15) is 6.61 Å². The summed E-state index contributed by atoms with van der Waals surface area (Å²) in [5, 5.41) is 24.2. The Morgan fingerprint density at radius 1 is 1.04 bits per heavy atom. The molecule has 0 radical (unpaired) electrons. The van der Waals surface area contributed by atoms with Gasteiger partial charge in [0.25, 0.3) is 11.4 Å². The largest absolute Gasteiger partial charge is 0.460 e. The Morgan fingerprint density at radius 3 is 2.19 bits per heavy atom. The van der Waals surface area contributed by atoms with Gasteiger partial charge in [0.2, 0.25) is 5.91 Å². The van der Waals surface area contributed by atoms with Gasteiger partial charge in [-0.05, 0) is 6.42 Å². The summed E-state index contributed by atoms with van der Waals surface area (Å²) in [7, 11) is 0. The highest BCUT2D eigenvalue weighted by Gasteiger charge is 2.20. The summed E-state index contributed by atoms with van der Waals surface area (Å²) in [6.07, 6.45) is 4.31. The van der Waals surface area contributed by atoms with Gasteiger partial charge in [-0.15, -0.1) is 0 Å². The predicted molar refractivity (Wildman–Crippen MR) is 91.8 cm³/mol. The fourth-order valence-corrected chi connectivity index (χ4v) is 2.14. The minimum atomic E-state index is -0.936. The maximum Gasteiger partial charge on any atom is 0.338 e. The molecule has 0 spiro atoms. The van der Waals surface area contributed by atoms with E-state index in [2.05, 4.69) is 12.2 Å². The highest BCUT2D eigenvalue weighted by molar-refractivity contribution is 5.91. The zero-order valence-electron chi connectivity index (χ0n) is 14.4. The Labute approximate surface area is 149 Å². The molecule has 1 amide bonds. The molecule has 0 saturated carbocycles. The maximum absolute atomic E-state index is 11.9. The summed E-state index contributed by atoms with van der Waals surface area (Å²) in [6, 6.07) is 2.57. The van der Waals surface area contributed by atoms with Gasteiger partial charge in [-0.25, -0.2) is 4.79 Å². The predicted octanol–water partition coefficient (Wildman–Crippen LogP) is 2.75. The van der Waals surface area contributed by atoms with Crippen molar-refractivity contribution < 1.29 is 24.2 Å². The molecule has 142 valence electrons. The van der Waals surface area contributed by atoms with Crippen LogP contribution in [0.2, 0.25) is 0 Å². The van der Waals surface area contributed by atoms with Gasteiger partial charge in [0.15, 0.2) is 0 Å². The second-order valence-corrected chi connectivity index (χ2v) is 5.55. The van der Waals surface area contributed by atoms with Crippen LogP contribution in [-0.2, 0) is 9.53 Å². The van der Waals surface area contributed by atoms with Crippen LogP contribution in [0.25, 0.3) is 0 Å². The van der Waals surface area contributed by atoms with E-state index < -0.39 is 27.2 Å². The van der Waals surface area contributed by atoms with Crippen LogP contribution < -0.4 is 5.32 Å². The fourth-order valence-electron chi connectivity index (χ4n) is 2.14. The van der Waals surface area contributed by atoms with E-state index in [1.807, 2.05) is 0 Å². The van der Waals surface area contributed by atoms with Gasteiger partial charge in [-0.1, -0.05) is 26.2 Å². The molecule has 1 N–H and O–H groups in total. The van der Waals surface area contributed by atoms with E-state index in [-0.39, 0.29) is 24.6 Å². The van der Waals surface area contributed by atoms with E-state index in [1.165, 1.54) is 0 Å². The molecule has 1 rings (SSSR count). The molecule has 0 saturated heterocycles. The minimum Gasteiger partial charge on any atom is -0.460 e. The highest BCUT2D eigenvalue weighted by Crippen LogP contribution is 2.23. The van der Waals surface area contributed by atoms with Crippen LogP contribution in [-0.4, -0.2) is 34.9 Å². The van der Waals surface area contributed by atoms with Crippen molar-refractivity contribution in [1.82, 2.24) is 5.32 Å². The summed E-state index contributed by atoms with van der Waals surface area (Å²) in [6.45, 7) is 2.02. The molecular formula is C16H21N3O7. The number of benzene rings is 1. The number of nitro benzene ring substituents is 2. The number of hydrogen-bond acceptors (Lipinski definition) is 7. The number of carbonyl (C=O) groups is 2. The molecule has 0 aliphatic carbocycles. The molecule has 0 heterocycles. The van der Waals surface area contributed by atoms with Gasteiger partial charge < -0.3 is 10.1 Å². The lowest BCUT2D eigenvalue weighted by molar-refractivity contribution is -0.394. The Hall–Kier alpha value is -3.04. The molecule has 10 heteroatoms. The molecule has 1 aromatic rings. The van der Waals surface area contributed by atoms with E-state index in [4.69, 9.17) is 4.74 Å². The standard InChI is InChI=1S/C16H21N3O7/c1-2-3-4-5-6-15(20)17-7-8-26-16(21)12-9-13(18(22)23)11-14(10-12)19(24)25/h9-11H,2-8H2,1H3,(H,17,20). The van der Waals surface area contributed by atoms with Crippen LogP contribution in [0.4, 0.5) is 11.4 Å². The average molecular weight is 367 g/mol. The van der Waals surface area contributed by atoms with Crippen molar-refractivity contribution in [2.24, 2.45) is 0 Å². The lowest BCUT2D eigenvalue weighted by Gasteiger charge is -2.07. The highest BCUT2D eigenvalue weighted by atomic mass is 16.6. The Bertz CT molecular complexity index is 644. The fraction of sp³-hybridized carbons (Fsp3) is 0.500. The molecular weight excluding hydrogens is 346 g/mol. The number of ether oxygens (including phenoxy) is 1. The topological polar surface area (TPSA) is 142 Å². The van der Waals surface area contributed by atoms with Crippen molar-refractivity contribution in [1.29, 1.82) is 0 Å². The summed E-state index contributed by atoms with van der Waals surface area (Å²) in [4.78, 5) is 43.4. The molecule has 0 unspecified atom stereocenters. The van der Waals surface area contributed by atoms with Crippen molar-refractivity contribution in [3.8, 4) is 0 Å². The number of carbonyl (C=O) groups excluding carboxylic acids is 2. The molecule has 0 aliphatic rings. The minimum absolute atomic E-state index is 0.0926. The zero-order chi connectivity index (χ0) is 19.5. The number of rotatable bonds is 11. The van der Waals surface area contributed by atoms with Crippen LogP contribution in [0.1, 0.15) is 49.4 Å². The third-order valence-electron chi connectivity index (χ3n) is 3.47. The first-order valence-corrected chi connectivity index (χ1v) is 8.22. The summed E-state index contributed by atoms with van der Waals surface area (Å²) < 4.78 is 4.89. The Kier molecular flexibility index (Phi) is 8.68.